The lowest BCUT2D eigenvalue weighted by Crippen LogP contribution is -2.69. The van der Waals surface area contributed by atoms with Crippen molar-refractivity contribution in [2.24, 2.45) is 0 Å². The summed E-state index contributed by atoms with van der Waals surface area (Å²) in [6, 6.07) is -2.06. The molecule has 2 saturated heterocycles. The molecule has 0 aliphatic carbocycles. The number of nitrogens with zero attached hydrogens (tertiary/aromatic N) is 1. The van der Waals surface area contributed by atoms with E-state index in [-0.39, 0.29) is 0 Å². The van der Waals surface area contributed by atoms with Gasteiger partial charge >= 0.3 is 0 Å². The Kier molecular flexibility index (Phi) is 6.84. The maximum Gasteiger partial charge on any atom is 0.269 e. The molecule has 2 aliphatic heterocycles. The summed E-state index contributed by atoms with van der Waals surface area (Å²) in [5.74, 6) is 0. The molecule has 152 valence electrons. The van der Waals surface area contributed by atoms with Crippen LogP contribution in [0.3, 0.4) is 0 Å². The first-order valence-corrected chi connectivity index (χ1v) is 7.90. The van der Waals surface area contributed by atoms with Crippen LogP contribution in [0.1, 0.15) is 0 Å². The van der Waals surface area contributed by atoms with Gasteiger partial charge in [0.25, 0.3) is 6.04 Å². The Balaban J connectivity index is 2.34. The number of aliphatic hydroxyl groups excluding tert-OH is 8. The van der Waals surface area contributed by atoms with Crippen LogP contribution in [-0.4, -0.2) is 126 Å². The molecule has 13 heteroatoms. The van der Waals surface area contributed by atoms with Crippen molar-refractivity contribution < 1.29 is 55.2 Å². The van der Waals surface area contributed by atoms with Gasteiger partial charge in [0.2, 0.25) is 0 Å². The first kappa shape index (κ1) is 21.3. The fraction of sp³-hybridized carbons (Fsp3) is 1.00. The smallest absolute Gasteiger partial charge is 0.269 e. The molecule has 2 fully saturated rings. The summed E-state index contributed by atoms with van der Waals surface area (Å²) in [4.78, 5) is 10.6. The van der Waals surface area contributed by atoms with Crippen molar-refractivity contribution in [2.75, 3.05) is 13.2 Å². The van der Waals surface area contributed by atoms with Crippen LogP contribution in [0, 0.1) is 10.1 Å². The third kappa shape index (κ3) is 3.68. The molecule has 0 aromatic rings. The van der Waals surface area contributed by atoms with Crippen molar-refractivity contribution in [3.8, 4) is 0 Å². The third-order valence-corrected chi connectivity index (χ3v) is 4.78. The number of ether oxygens (including phenoxy) is 2. The van der Waals surface area contributed by atoms with Crippen LogP contribution in [0.25, 0.3) is 0 Å². The van der Waals surface area contributed by atoms with Gasteiger partial charge < -0.3 is 50.3 Å². The van der Waals surface area contributed by atoms with Crippen LogP contribution in [-0.2, 0) is 9.47 Å². The van der Waals surface area contributed by atoms with E-state index in [2.05, 4.69) is 0 Å². The number of nitro groups is 1. The van der Waals surface area contributed by atoms with Gasteiger partial charge in [0.15, 0.2) is 12.2 Å². The van der Waals surface area contributed by atoms with Crippen LogP contribution in [0.2, 0.25) is 0 Å². The minimum atomic E-state index is -2.06. The highest BCUT2D eigenvalue weighted by Crippen LogP contribution is 2.31. The second-order valence-electron chi connectivity index (χ2n) is 6.36. The predicted octanol–water partition coefficient (Wildman–Crippen LogP) is -5.68. The van der Waals surface area contributed by atoms with Crippen LogP contribution >= 0.6 is 0 Å². The maximum absolute atomic E-state index is 11.6. The first-order chi connectivity index (χ1) is 12.1. The molecule has 0 aromatic heterocycles. The van der Waals surface area contributed by atoms with Gasteiger partial charge in [-0.2, -0.15) is 0 Å². The van der Waals surface area contributed by atoms with Crippen molar-refractivity contribution >= 4 is 0 Å². The van der Waals surface area contributed by atoms with E-state index in [4.69, 9.17) is 9.47 Å². The van der Waals surface area contributed by atoms with Crippen molar-refractivity contribution in [1.82, 2.24) is 0 Å². The molecule has 0 bridgehead atoms. The number of rotatable bonds is 5. The molecule has 2 rings (SSSR count). The molecule has 0 amide bonds. The molecule has 2 heterocycles. The molecular weight excluding hydrogens is 362 g/mol. The van der Waals surface area contributed by atoms with Gasteiger partial charge in [0, 0.05) is 4.92 Å². The Morgan fingerprint density at radius 2 is 1.08 bits per heavy atom. The van der Waals surface area contributed by atoms with Gasteiger partial charge in [-0.15, -0.1) is 0 Å². The Morgan fingerprint density at radius 1 is 0.731 bits per heavy atom. The molecule has 26 heavy (non-hydrogen) atoms. The molecule has 10 atom stereocenters. The Bertz CT molecular complexity index is 454. The van der Waals surface area contributed by atoms with Gasteiger partial charge in [-0.3, -0.25) is 10.1 Å². The first-order valence-electron chi connectivity index (χ1n) is 7.90. The summed E-state index contributed by atoms with van der Waals surface area (Å²) in [7, 11) is 0. The minimum absolute atomic E-state index is 0.819. The van der Waals surface area contributed by atoms with Crippen LogP contribution in [0.5, 0.6) is 0 Å². The average Bonchev–Trinajstić information content (AvgIpc) is 2.61. The van der Waals surface area contributed by atoms with Gasteiger partial charge in [-0.05, 0) is 0 Å². The lowest BCUT2D eigenvalue weighted by Gasteiger charge is -2.45. The number of hydrogen-bond acceptors (Lipinski definition) is 12. The monoisotopic (exact) mass is 385 g/mol. The average molecular weight is 385 g/mol. The van der Waals surface area contributed by atoms with Crippen molar-refractivity contribution in [3.05, 3.63) is 10.1 Å². The Hall–Kier alpha value is -1.00. The lowest BCUT2D eigenvalue weighted by atomic mass is 9.84. The fourth-order valence-corrected chi connectivity index (χ4v) is 3.25. The molecule has 2 aliphatic rings. The van der Waals surface area contributed by atoms with Gasteiger partial charge in [-0.25, -0.2) is 0 Å². The topological polar surface area (TPSA) is 223 Å². The largest absolute Gasteiger partial charge is 0.394 e. The molecule has 8 N–H and O–H groups in total. The van der Waals surface area contributed by atoms with Crippen molar-refractivity contribution in [3.63, 3.8) is 0 Å². The SMILES string of the molecule is O=[N+]([O-])C([C@@H]1O[C@H](CO)[C@@H](O)[C@H](O)[C@H]1O)[C@@H]1O[C@H](CO)[C@@H](O)[C@H](O)[C@H]1O. The zero-order valence-electron chi connectivity index (χ0n) is 13.4. The summed E-state index contributed by atoms with van der Waals surface area (Å²) < 4.78 is 10.3. The van der Waals surface area contributed by atoms with Gasteiger partial charge in [-0.1, -0.05) is 0 Å². The summed E-state index contributed by atoms with van der Waals surface area (Å²) in [6.45, 7) is -1.64. The zero-order valence-corrected chi connectivity index (χ0v) is 13.4. The maximum atomic E-state index is 11.6. The summed E-state index contributed by atoms with van der Waals surface area (Å²) >= 11 is 0. The van der Waals surface area contributed by atoms with Gasteiger partial charge in [0.1, 0.15) is 48.8 Å². The van der Waals surface area contributed by atoms with Crippen LogP contribution < -0.4 is 0 Å². The van der Waals surface area contributed by atoms with Crippen LogP contribution in [0.4, 0.5) is 0 Å². The van der Waals surface area contributed by atoms with E-state index in [1.54, 1.807) is 0 Å². The molecule has 0 unspecified atom stereocenters. The molecule has 0 saturated carbocycles. The van der Waals surface area contributed by atoms with E-state index < -0.39 is 85.2 Å². The second-order valence-corrected chi connectivity index (χ2v) is 6.36. The summed E-state index contributed by atoms with van der Waals surface area (Å²) in [5.41, 5.74) is 0. The molecule has 0 aromatic carbocycles. The van der Waals surface area contributed by atoms with E-state index in [9.17, 15) is 51.0 Å². The standard InChI is InChI=1S/C13H23NO12/c15-1-3-6(17)8(19)10(21)12(25-3)5(14(23)24)13-11(22)9(20)7(18)4(2-16)26-13/h3-13,15-22H,1-2H2/t3-,4-,6-,7-,8+,9+,10-,11-,12+,13+/m1/s1. The molecular formula is C13H23NO12. The Morgan fingerprint density at radius 3 is 1.35 bits per heavy atom. The predicted molar refractivity (Wildman–Crippen MR) is 78.3 cm³/mol. The normalized spacial score (nSPS) is 47.1. The highest BCUT2D eigenvalue weighted by molar-refractivity contribution is 5.02. The summed E-state index contributed by atoms with van der Waals surface area (Å²) in [6.07, 6.45) is -17.7. The highest BCUT2D eigenvalue weighted by Gasteiger charge is 2.58. The lowest BCUT2D eigenvalue weighted by molar-refractivity contribution is -0.561. The minimum Gasteiger partial charge on any atom is -0.394 e. The van der Waals surface area contributed by atoms with E-state index >= 15 is 0 Å². The second kappa shape index (κ2) is 8.35. The van der Waals surface area contributed by atoms with E-state index in [1.165, 1.54) is 0 Å². The zero-order chi connectivity index (χ0) is 19.8. The number of hydrogen-bond donors (Lipinski definition) is 8. The quantitative estimate of drug-likeness (QED) is 0.164. The van der Waals surface area contributed by atoms with E-state index in [0.29, 0.717) is 0 Å². The van der Waals surface area contributed by atoms with Crippen LogP contribution in [0.15, 0.2) is 0 Å². The summed E-state index contributed by atoms with van der Waals surface area (Å²) in [5, 5.41) is 89.2. The molecule has 0 spiro atoms. The highest BCUT2D eigenvalue weighted by atomic mass is 16.6. The Labute approximate surface area is 146 Å². The molecule has 13 nitrogen and oxygen atoms in total. The van der Waals surface area contributed by atoms with Gasteiger partial charge in [0.05, 0.1) is 13.2 Å². The number of aliphatic hydroxyl groups is 8. The third-order valence-electron chi connectivity index (χ3n) is 4.78. The van der Waals surface area contributed by atoms with E-state index in [0.717, 1.165) is 0 Å². The molecule has 0 radical (unpaired) electrons. The fourth-order valence-electron chi connectivity index (χ4n) is 3.25. The van der Waals surface area contributed by atoms with Crippen molar-refractivity contribution in [1.29, 1.82) is 0 Å². The van der Waals surface area contributed by atoms with E-state index in [1.807, 2.05) is 0 Å². The van der Waals surface area contributed by atoms with Crippen molar-refractivity contribution in [2.45, 2.75) is 67.1 Å².